The molecule has 0 saturated heterocycles. The van der Waals surface area contributed by atoms with Gasteiger partial charge in [0.1, 0.15) is 5.75 Å². The van der Waals surface area contributed by atoms with Crippen LogP contribution >= 0.6 is 0 Å². The van der Waals surface area contributed by atoms with Crippen LogP contribution in [0.25, 0.3) is 0 Å². The minimum atomic E-state index is -0.434. The summed E-state index contributed by atoms with van der Waals surface area (Å²) in [6.07, 6.45) is 2.01. The maximum Gasteiger partial charge on any atom is 0.254 e. The Bertz CT molecular complexity index is 1030. The fraction of sp³-hybridized carbons (Fsp3) is 0.400. The van der Waals surface area contributed by atoms with Crippen LogP contribution in [-0.4, -0.2) is 70.7 Å². The molecule has 1 aliphatic rings. The van der Waals surface area contributed by atoms with Crippen LogP contribution in [0.15, 0.2) is 36.4 Å². The molecule has 0 unspecified atom stereocenters. The normalized spacial score (nSPS) is 12.3. The number of carbonyl (C=O) groups is 3. The molecular weight excluding hydrogens is 454 g/mol. The van der Waals surface area contributed by atoms with Gasteiger partial charge in [0.15, 0.2) is 11.5 Å². The number of anilines is 1. The molecule has 10 nitrogen and oxygen atoms in total. The fourth-order valence-corrected chi connectivity index (χ4v) is 3.51. The number of hydrogen-bond donors (Lipinski definition) is 2. The maximum absolute atomic E-state index is 13.3. The third-order valence-corrected chi connectivity index (χ3v) is 5.53. The smallest absolute Gasteiger partial charge is 0.254 e. The van der Waals surface area contributed by atoms with Crippen LogP contribution in [0.5, 0.6) is 23.0 Å². The number of hydrogen-bond acceptors (Lipinski definition) is 7. The molecule has 1 fully saturated rings. The van der Waals surface area contributed by atoms with Crippen molar-refractivity contribution in [2.75, 3.05) is 53.4 Å². The highest BCUT2D eigenvalue weighted by Gasteiger charge is 2.29. The van der Waals surface area contributed by atoms with E-state index in [4.69, 9.17) is 18.9 Å². The molecule has 35 heavy (non-hydrogen) atoms. The summed E-state index contributed by atoms with van der Waals surface area (Å²) in [6.45, 7) is 0.0449. The van der Waals surface area contributed by atoms with Gasteiger partial charge in [-0.3, -0.25) is 14.4 Å². The zero-order valence-electron chi connectivity index (χ0n) is 20.4. The summed E-state index contributed by atoms with van der Waals surface area (Å²) in [5.41, 5.74) is 0.892. The van der Waals surface area contributed by atoms with Gasteiger partial charge in [0, 0.05) is 17.8 Å². The van der Waals surface area contributed by atoms with Gasteiger partial charge in [0.25, 0.3) is 5.91 Å². The van der Waals surface area contributed by atoms with E-state index in [1.54, 1.807) is 43.5 Å². The monoisotopic (exact) mass is 485 g/mol. The van der Waals surface area contributed by atoms with Crippen molar-refractivity contribution >= 4 is 23.4 Å². The Balaban J connectivity index is 1.63. The van der Waals surface area contributed by atoms with Gasteiger partial charge in [-0.05, 0) is 55.2 Å². The Morgan fingerprint density at radius 1 is 0.886 bits per heavy atom. The standard InChI is InChI=1S/C25H31N3O7/c1-32-19-9-7-18(8-10-19)27-22(29)13-26-23(30)15-28(14-16-5-6-16)25(31)17-11-20(33-2)24(35-4)21(12-17)34-3/h7-12,16H,5-6,13-15H2,1-4H3,(H,26,30)(H,27,29). The molecular formula is C25H31N3O7. The van der Waals surface area contributed by atoms with Crippen molar-refractivity contribution in [1.29, 1.82) is 0 Å². The summed E-state index contributed by atoms with van der Waals surface area (Å²) in [5, 5.41) is 5.28. The van der Waals surface area contributed by atoms with Crippen molar-refractivity contribution in [3.05, 3.63) is 42.0 Å². The van der Waals surface area contributed by atoms with Crippen LogP contribution < -0.4 is 29.6 Å². The van der Waals surface area contributed by atoms with E-state index in [-0.39, 0.29) is 24.9 Å². The Kier molecular flexibility index (Phi) is 8.77. The summed E-state index contributed by atoms with van der Waals surface area (Å²) in [7, 11) is 5.98. The van der Waals surface area contributed by atoms with E-state index in [0.29, 0.717) is 46.7 Å². The summed E-state index contributed by atoms with van der Waals surface area (Å²) in [5.74, 6) is 0.942. The molecule has 10 heteroatoms. The Morgan fingerprint density at radius 3 is 2.03 bits per heavy atom. The predicted octanol–water partition coefficient (Wildman–Crippen LogP) is 2.33. The van der Waals surface area contributed by atoms with Crippen molar-refractivity contribution in [1.82, 2.24) is 10.2 Å². The van der Waals surface area contributed by atoms with Crippen LogP contribution in [0.2, 0.25) is 0 Å². The van der Waals surface area contributed by atoms with Crippen molar-refractivity contribution in [2.45, 2.75) is 12.8 Å². The van der Waals surface area contributed by atoms with Crippen molar-refractivity contribution in [3.63, 3.8) is 0 Å². The van der Waals surface area contributed by atoms with Crippen molar-refractivity contribution in [2.24, 2.45) is 5.92 Å². The number of rotatable bonds is 12. The number of amides is 3. The minimum absolute atomic E-state index is 0.179. The van der Waals surface area contributed by atoms with E-state index in [0.717, 1.165) is 12.8 Å². The molecule has 0 spiro atoms. The van der Waals surface area contributed by atoms with Gasteiger partial charge >= 0.3 is 0 Å². The van der Waals surface area contributed by atoms with E-state index in [1.807, 2.05) is 0 Å². The molecule has 0 atom stereocenters. The lowest BCUT2D eigenvalue weighted by Crippen LogP contribution is -2.43. The molecule has 0 radical (unpaired) electrons. The summed E-state index contributed by atoms with van der Waals surface area (Å²) in [6, 6.07) is 9.96. The van der Waals surface area contributed by atoms with Gasteiger partial charge in [0.2, 0.25) is 17.6 Å². The lowest BCUT2D eigenvalue weighted by molar-refractivity contribution is -0.124. The third-order valence-electron chi connectivity index (χ3n) is 5.53. The maximum atomic E-state index is 13.3. The van der Waals surface area contributed by atoms with Gasteiger partial charge in [-0.25, -0.2) is 0 Å². The van der Waals surface area contributed by atoms with Gasteiger partial charge in [-0.1, -0.05) is 0 Å². The number of benzene rings is 2. The van der Waals surface area contributed by atoms with Gasteiger partial charge < -0.3 is 34.5 Å². The second-order valence-electron chi connectivity index (χ2n) is 8.10. The van der Waals surface area contributed by atoms with E-state index in [1.165, 1.54) is 26.2 Å². The fourth-order valence-electron chi connectivity index (χ4n) is 3.51. The topological polar surface area (TPSA) is 115 Å². The summed E-state index contributed by atoms with van der Waals surface area (Å²) >= 11 is 0. The molecule has 2 N–H and O–H groups in total. The molecule has 1 aliphatic carbocycles. The SMILES string of the molecule is COc1ccc(NC(=O)CNC(=O)CN(CC2CC2)C(=O)c2cc(OC)c(OC)c(OC)c2)cc1. The number of nitrogens with one attached hydrogen (secondary N) is 2. The number of carbonyl (C=O) groups excluding carboxylic acids is 3. The lowest BCUT2D eigenvalue weighted by Gasteiger charge is -2.23. The summed E-state index contributed by atoms with van der Waals surface area (Å²) in [4.78, 5) is 39.6. The first-order valence-electron chi connectivity index (χ1n) is 11.2. The van der Waals surface area contributed by atoms with Gasteiger partial charge in [0.05, 0.1) is 41.5 Å². The largest absolute Gasteiger partial charge is 0.497 e. The number of methoxy groups -OCH3 is 4. The zero-order valence-corrected chi connectivity index (χ0v) is 20.4. The molecule has 2 aromatic carbocycles. The first-order chi connectivity index (χ1) is 16.9. The number of ether oxygens (including phenoxy) is 4. The van der Waals surface area contributed by atoms with Gasteiger partial charge in [-0.2, -0.15) is 0 Å². The van der Waals surface area contributed by atoms with E-state index < -0.39 is 5.91 Å². The highest BCUT2D eigenvalue weighted by atomic mass is 16.5. The average molecular weight is 486 g/mol. The molecule has 3 rings (SSSR count). The van der Waals surface area contributed by atoms with E-state index in [2.05, 4.69) is 10.6 Å². The van der Waals surface area contributed by atoms with Crippen molar-refractivity contribution < 1.29 is 33.3 Å². The Labute approximate surface area is 204 Å². The molecule has 2 aromatic rings. The van der Waals surface area contributed by atoms with Gasteiger partial charge in [-0.15, -0.1) is 0 Å². The van der Waals surface area contributed by atoms with Crippen LogP contribution in [-0.2, 0) is 9.59 Å². The Hall–Kier alpha value is -3.95. The van der Waals surface area contributed by atoms with Crippen LogP contribution in [0, 0.1) is 5.92 Å². The second-order valence-corrected chi connectivity index (χ2v) is 8.10. The first-order valence-corrected chi connectivity index (χ1v) is 11.2. The number of nitrogens with zero attached hydrogens (tertiary/aromatic N) is 1. The van der Waals surface area contributed by atoms with Crippen molar-refractivity contribution in [3.8, 4) is 23.0 Å². The highest BCUT2D eigenvalue weighted by Crippen LogP contribution is 2.39. The minimum Gasteiger partial charge on any atom is -0.497 e. The van der Waals surface area contributed by atoms with Crippen LogP contribution in [0.4, 0.5) is 5.69 Å². The van der Waals surface area contributed by atoms with Crippen LogP contribution in [0.1, 0.15) is 23.2 Å². The molecule has 1 saturated carbocycles. The lowest BCUT2D eigenvalue weighted by atomic mass is 10.1. The zero-order chi connectivity index (χ0) is 25.4. The quantitative estimate of drug-likeness (QED) is 0.474. The second kappa shape index (κ2) is 12.0. The Morgan fingerprint density at radius 2 is 1.51 bits per heavy atom. The van der Waals surface area contributed by atoms with E-state index >= 15 is 0 Å². The molecule has 188 valence electrons. The first kappa shape index (κ1) is 25.7. The molecule has 0 bridgehead atoms. The molecule has 0 aromatic heterocycles. The molecule has 0 aliphatic heterocycles. The third kappa shape index (κ3) is 7.02. The van der Waals surface area contributed by atoms with Crippen LogP contribution in [0.3, 0.4) is 0 Å². The molecule has 3 amide bonds. The average Bonchev–Trinajstić information content (AvgIpc) is 3.70. The summed E-state index contributed by atoms with van der Waals surface area (Å²) < 4.78 is 21.1. The molecule has 0 heterocycles. The van der Waals surface area contributed by atoms with E-state index in [9.17, 15) is 14.4 Å². The highest BCUT2D eigenvalue weighted by molar-refractivity contribution is 5.99. The predicted molar refractivity (Wildman–Crippen MR) is 129 cm³/mol.